The van der Waals surface area contributed by atoms with Crippen molar-refractivity contribution in [1.29, 1.82) is 5.26 Å². The average molecular weight is 249 g/mol. The second-order valence-corrected chi connectivity index (χ2v) is 3.86. The number of esters is 1. The Kier molecular flexibility index (Phi) is 5.31. The number of aliphatic hydroxyl groups is 2. The van der Waals surface area contributed by atoms with Gasteiger partial charge >= 0.3 is 5.97 Å². The zero-order chi connectivity index (χ0) is 13.5. The summed E-state index contributed by atoms with van der Waals surface area (Å²) in [5.74, 6) is -0.548. The summed E-state index contributed by atoms with van der Waals surface area (Å²) in [6.45, 7) is -0.286. The van der Waals surface area contributed by atoms with Crippen LogP contribution in [0.3, 0.4) is 0 Å². The van der Waals surface area contributed by atoms with Crippen LogP contribution in [0.25, 0.3) is 0 Å². The molecule has 0 aliphatic heterocycles. The fourth-order valence-electron chi connectivity index (χ4n) is 1.55. The molecule has 1 atom stereocenters. The normalized spacial score (nSPS) is 11.7. The zero-order valence-electron chi connectivity index (χ0n) is 10.1. The number of hydrogen-bond acceptors (Lipinski definition) is 5. The van der Waals surface area contributed by atoms with E-state index in [1.807, 2.05) is 6.07 Å². The molecule has 1 aromatic carbocycles. The minimum atomic E-state index is -0.768. The number of rotatable bonds is 5. The Morgan fingerprint density at radius 3 is 2.83 bits per heavy atom. The monoisotopic (exact) mass is 249 g/mol. The highest BCUT2D eigenvalue weighted by molar-refractivity contribution is 5.92. The van der Waals surface area contributed by atoms with E-state index < -0.39 is 12.1 Å². The Bertz CT molecular complexity index is 465. The van der Waals surface area contributed by atoms with Crippen LogP contribution in [0.4, 0.5) is 0 Å². The van der Waals surface area contributed by atoms with Gasteiger partial charge in [-0.2, -0.15) is 5.26 Å². The van der Waals surface area contributed by atoms with E-state index in [0.717, 1.165) is 5.56 Å². The first kappa shape index (κ1) is 14.2. The molecule has 0 radical (unpaired) electrons. The molecule has 0 bridgehead atoms. The van der Waals surface area contributed by atoms with Crippen LogP contribution in [0, 0.1) is 11.3 Å². The van der Waals surface area contributed by atoms with Crippen LogP contribution in [0.5, 0.6) is 0 Å². The van der Waals surface area contributed by atoms with E-state index in [1.165, 1.54) is 13.2 Å². The fourth-order valence-corrected chi connectivity index (χ4v) is 1.55. The third kappa shape index (κ3) is 3.55. The van der Waals surface area contributed by atoms with E-state index in [-0.39, 0.29) is 17.7 Å². The van der Waals surface area contributed by atoms with Gasteiger partial charge < -0.3 is 14.9 Å². The van der Waals surface area contributed by atoms with E-state index in [1.54, 1.807) is 12.1 Å². The smallest absolute Gasteiger partial charge is 0.339 e. The lowest BCUT2D eigenvalue weighted by atomic mass is 10.0. The van der Waals surface area contributed by atoms with Gasteiger partial charge in [0, 0.05) is 0 Å². The van der Waals surface area contributed by atoms with Crippen molar-refractivity contribution < 1.29 is 19.7 Å². The van der Waals surface area contributed by atoms with Crippen LogP contribution >= 0.6 is 0 Å². The molecule has 0 spiro atoms. The second kappa shape index (κ2) is 6.74. The lowest BCUT2D eigenvalue weighted by Crippen LogP contribution is -2.13. The SMILES string of the molecule is COC(=O)c1ccc(CC[C@H](O)CO)cc1C#N. The van der Waals surface area contributed by atoms with Crippen molar-refractivity contribution in [2.24, 2.45) is 0 Å². The van der Waals surface area contributed by atoms with Crippen molar-refractivity contribution in [2.75, 3.05) is 13.7 Å². The Morgan fingerprint density at radius 1 is 1.56 bits per heavy atom. The van der Waals surface area contributed by atoms with Crippen molar-refractivity contribution in [1.82, 2.24) is 0 Å². The molecule has 0 fully saturated rings. The summed E-state index contributed by atoms with van der Waals surface area (Å²) in [5, 5.41) is 26.9. The third-order valence-corrected chi connectivity index (χ3v) is 2.59. The second-order valence-electron chi connectivity index (χ2n) is 3.86. The molecule has 0 aromatic heterocycles. The number of benzene rings is 1. The molecule has 0 heterocycles. The number of aryl methyl sites for hydroxylation is 1. The number of aliphatic hydroxyl groups excluding tert-OH is 2. The topological polar surface area (TPSA) is 90.6 Å². The molecule has 0 aliphatic carbocycles. The standard InChI is InChI=1S/C13H15NO4/c1-18-13(17)12-5-3-9(6-10(12)7-14)2-4-11(16)8-15/h3,5-6,11,15-16H,2,4,8H2,1H3/t11-/m0/s1. The maximum absolute atomic E-state index is 11.4. The fraction of sp³-hybridized carbons (Fsp3) is 0.385. The van der Waals surface area contributed by atoms with E-state index in [9.17, 15) is 9.90 Å². The van der Waals surface area contributed by atoms with Crippen molar-refractivity contribution >= 4 is 5.97 Å². The summed E-state index contributed by atoms with van der Waals surface area (Å²) in [6.07, 6.45) is 0.160. The lowest BCUT2D eigenvalue weighted by molar-refractivity contribution is 0.0600. The Hall–Kier alpha value is -1.90. The lowest BCUT2D eigenvalue weighted by Gasteiger charge is -2.08. The van der Waals surface area contributed by atoms with Crippen LogP contribution < -0.4 is 0 Å². The summed E-state index contributed by atoms with van der Waals surface area (Å²) in [5.41, 5.74) is 1.30. The number of nitrogens with zero attached hydrogens (tertiary/aromatic N) is 1. The number of ether oxygens (including phenoxy) is 1. The molecule has 96 valence electrons. The maximum Gasteiger partial charge on any atom is 0.339 e. The first-order valence-electron chi connectivity index (χ1n) is 5.52. The van der Waals surface area contributed by atoms with Crippen molar-refractivity contribution in [3.05, 3.63) is 34.9 Å². The van der Waals surface area contributed by atoms with Gasteiger partial charge in [-0.25, -0.2) is 4.79 Å². The van der Waals surface area contributed by atoms with Gasteiger partial charge in [-0.1, -0.05) is 6.07 Å². The molecule has 1 rings (SSSR count). The largest absolute Gasteiger partial charge is 0.465 e. The Balaban J connectivity index is 2.86. The molecular formula is C13H15NO4. The van der Waals surface area contributed by atoms with Crippen molar-refractivity contribution in [3.8, 4) is 6.07 Å². The number of carbonyl (C=O) groups excluding carboxylic acids is 1. The Labute approximate surface area is 105 Å². The quantitative estimate of drug-likeness (QED) is 0.747. The van der Waals surface area contributed by atoms with Gasteiger partial charge in [0.15, 0.2) is 0 Å². The Morgan fingerprint density at radius 2 is 2.28 bits per heavy atom. The van der Waals surface area contributed by atoms with Gasteiger partial charge in [-0.05, 0) is 30.5 Å². The molecule has 5 heteroatoms. The van der Waals surface area contributed by atoms with Crippen LogP contribution in [-0.4, -0.2) is 36.0 Å². The first-order chi connectivity index (χ1) is 8.62. The van der Waals surface area contributed by atoms with Crippen LogP contribution in [0.2, 0.25) is 0 Å². The van der Waals surface area contributed by atoms with E-state index >= 15 is 0 Å². The summed E-state index contributed by atoms with van der Waals surface area (Å²) >= 11 is 0. The van der Waals surface area contributed by atoms with Gasteiger partial charge in [0.05, 0.1) is 30.9 Å². The van der Waals surface area contributed by atoms with Gasteiger partial charge in [0.1, 0.15) is 6.07 Å². The molecule has 18 heavy (non-hydrogen) atoms. The van der Waals surface area contributed by atoms with E-state index in [2.05, 4.69) is 4.74 Å². The average Bonchev–Trinajstić information content (AvgIpc) is 2.43. The van der Waals surface area contributed by atoms with Gasteiger partial charge in [-0.15, -0.1) is 0 Å². The number of carbonyl (C=O) groups is 1. The first-order valence-corrected chi connectivity index (χ1v) is 5.52. The summed E-state index contributed by atoms with van der Waals surface area (Å²) in [7, 11) is 1.26. The van der Waals surface area contributed by atoms with Crippen LogP contribution in [0.1, 0.15) is 27.9 Å². The maximum atomic E-state index is 11.4. The number of nitriles is 1. The minimum absolute atomic E-state index is 0.228. The molecule has 0 saturated carbocycles. The van der Waals surface area contributed by atoms with Crippen LogP contribution in [0.15, 0.2) is 18.2 Å². The molecular weight excluding hydrogens is 234 g/mol. The van der Waals surface area contributed by atoms with Crippen molar-refractivity contribution in [3.63, 3.8) is 0 Å². The molecule has 0 aliphatic rings. The van der Waals surface area contributed by atoms with Crippen LogP contribution in [-0.2, 0) is 11.2 Å². The summed E-state index contributed by atoms with van der Waals surface area (Å²) in [4.78, 5) is 11.4. The molecule has 1 aromatic rings. The summed E-state index contributed by atoms with van der Waals surface area (Å²) in [6, 6.07) is 6.77. The zero-order valence-corrected chi connectivity index (χ0v) is 10.1. The number of methoxy groups -OCH3 is 1. The molecule has 0 unspecified atom stereocenters. The van der Waals surface area contributed by atoms with E-state index in [0.29, 0.717) is 12.8 Å². The van der Waals surface area contributed by atoms with E-state index in [4.69, 9.17) is 10.4 Å². The molecule has 0 amide bonds. The highest BCUT2D eigenvalue weighted by Gasteiger charge is 2.12. The minimum Gasteiger partial charge on any atom is -0.465 e. The molecule has 0 saturated heterocycles. The highest BCUT2D eigenvalue weighted by Crippen LogP contribution is 2.14. The summed E-state index contributed by atoms with van der Waals surface area (Å²) < 4.78 is 4.57. The van der Waals surface area contributed by atoms with Crippen molar-refractivity contribution in [2.45, 2.75) is 18.9 Å². The molecule has 2 N–H and O–H groups in total. The highest BCUT2D eigenvalue weighted by atomic mass is 16.5. The van der Waals surface area contributed by atoms with Gasteiger partial charge in [-0.3, -0.25) is 0 Å². The molecule has 5 nitrogen and oxygen atoms in total. The predicted octanol–water partition coefficient (Wildman–Crippen LogP) is 0.631. The number of hydrogen-bond donors (Lipinski definition) is 2. The third-order valence-electron chi connectivity index (χ3n) is 2.59. The van der Waals surface area contributed by atoms with Gasteiger partial charge in [0.25, 0.3) is 0 Å². The van der Waals surface area contributed by atoms with Gasteiger partial charge in [0.2, 0.25) is 0 Å². The predicted molar refractivity (Wildman–Crippen MR) is 63.9 cm³/mol.